The van der Waals surface area contributed by atoms with Gasteiger partial charge in [0.2, 0.25) is 0 Å². The first-order valence-electron chi connectivity index (χ1n) is 6.05. The van der Waals surface area contributed by atoms with Crippen molar-refractivity contribution in [3.05, 3.63) is 53.1 Å². The first-order valence-corrected chi connectivity index (χ1v) is 6.43. The van der Waals surface area contributed by atoms with Crippen LogP contribution in [0.15, 0.2) is 36.7 Å². The molecule has 20 heavy (non-hydrogen) atoms. The average molecular weight is 293 g/mol. The highest BCUT2D eigenvalue weighted by molar-refractivity contribution is 6.30. The van der Waals surface area contributed by atoms with Gasteiger partial charge in [-0.2, -0.15) is 0 Å². The standard InChI is InChI=1S/C14H13ClN2O3/c1-2-19-14(18)13-6-5-12(8-17-13)20-9-11-4-3-10(15)7-16-11/h3-8H,2,9H2,1H3. The summed E-state index contributed by atoms with van der Waals surface area (Å²) in [7, 11) is 0. The lowest BCUT2D eigenvalue weighted by Gasteiger charge is -2.06. The van der Waals surface area contributed by atoms with Gasteiger partial charge in [-0.3, -0.25) is 4.98 Å². The van der Waals surface area contributed by atoms with Crippen LogP contribution in [0.25, 0.3) is 0 Å². The zero-order valence-electron chi connectivity index (χ0n) is 10.9. The second-order valence-electron chi connectivity index (χ2n) is 3.86. The molecule has 2 aromatic heterocycles. The number of ether oxygens (including phenoxy) is 2. The maximum absolute atomic E-state index is 11.4. The quantitative estimate of drug-likeness (QED) is 0.793. The van der Waals surface area contributed by atoms with Crippen molar-refractivity contribution in [1.82, 2.24) is 9.97 Å². The topological polar surface area (TPSA) is 61.3 Å². The summed E-state index contributed by atoms with van der Waals surface area (Å²) in [5.74, 6) is 0.105. The summed E-state index contributed by atoms with van der Waals surface area (Å²) in [5.41, 5.74) is 1.01. The van der Waals surface area contributed by atoms with Gasteiger partial charge in [-0.1, -0.05) is 11.6 Å². The molecule has 0 saturated heterocycles. The first-order chi connectivity index (χ1) is 9.69. The van der Waals surface area contributed by atoms with Crippen LogP contribution < -0.4 is 4.74 Å². The van der Waals surface area contributed by atoms with Crippen LogP contribution in [-0.2, 0) is 11.3 Å². The van der Waals surface area contributed by atoms with E-state index in [0.717, 1.165) is 5.69 Å². The Kier molecular flexibility index (Phi) is 4.90. The van der Waals surface area contributed by atoms with Crippen molar-refractivity contribution in [2.45, 2.75) is 13.5 Å². The number of carbonyl (C=O) groups is 1. The molecular weight excluding hydrogens is 280 g/mol. The average Bonchev–Trinajstić information content (AvgIpc) is 2.47. The third-order valence-electron chi connectivity index (χ3n) is 2.40. The molecule has 2 heterocycles. The smallest absolute Gasteiger partial charge is 0.356 e. The SMILES string of the molecule is CCOC(=O)c1ccc(OCc2ccc(Cl)cn2)cn1. The Labute approximate surface area is 121 Å². The summed E-state index contributed by atoms with van der Waals surface area (Å²) >= 11 is 5.74. The van der Waals surface area contributed by atoms with Gasteiger partial charge in [0.15, 0.2) is 0 Å². The largest absolute Gasteiger partial charge is 0.486 e. The fraction of sp³-hybridized carbons (Fsp3) is 0.214. The maximum Gasteiger partial charge on any atom is 0.356 e. The molecule has 0 N–H and O–H groups in total. The first kappa shape index (κ1) is 14.3. The summed E-state index contributed by atoms with van der Waals surface area (Å²) in [6.07, 6.45) is 3.03. The molecule has 0 radical (unpaired) electrons. The van der Waals surface area contributed by atoms with Crippen molar-refractivity contribution in [2.24, 2.45) is 0 Å². The van der Waals surface area contributed by atoms with Gasteiger partial charge >= 0.3 is 5.97 Å². The van der Waals surface area contributed by atoms with Crippen LogP contribution in [0.5, 0.6) is 5.75 Å². The van der Waals surface area contributed by atoms with E-state index < -0.39 is 5.97 Å². The highest BCUT2D eigenvalue weighted by Gasteiger charge is 2.07. The van der Waals surface area contributed by atoms with Crippen LogP contribution >= 0.6 is 11.6 Å². The molecule has 0 atom stereocenters. The van der Waals surface area contributed by atoms with E-state index in [9.17, 15) is 4.79 Å². The Bertz CT molecular complexity index is 570. The predicted molar refractivity (Wildman–Crippen MR) is 73.8 cm³/mol. The van der Waals surface area contributed by atoms with E-state index >= 15 is 0 Å². The van der Waals surface area contributed by atoms with Gasteiger partial charge in [0, 0.05) is 6.20 Å². The van der Waals surface area contributed by atoms with E-state index in [-0.39, 0.29) is 5.69 Å². The number of halogens is 1. The number of aromatic nitrogens is 2. The van der Waals surface area contributed by atoms with Crippen molar-refractivity contribution >= 4 is 17.6 Å². The Morgan fingerprint density at radius 1 is 1.20 bits per heavy atom. The molecule has 0 bridgehead atoms. The maximum atomic E-state index is 11.4. The molecule has 5 nitrogen and oxygen atoms in total. The number of rotatable bonds is 5. The van der Waals surface area contributed by atoms with Gasteiger partial charge in [0.1, 0.15) is 18.1 Å². The highest BCUT2D eigenvalue weighted by Crippen LogP contribution is 2.13. The van der Waals surface area contributed by atoms with Crippen LogP contribution in [-0.4, -0.2) is 22.5 Å². The third kappa shape index (κ3) is 3.93. The van der Waals surface area contributed by atoms with E-state index in [1.54, 1.807) is 37.4 Å². The third-order valence-corrected chi connectivity index (χ3v) is 2.62. The monoisotopic (exact) mass is 292 g/mol. The van der Waals surface area contributed by atoms with Gasteiger partial charge < -0.3 is 9.47 Å². The van der Waals surface area contributed by atoms with E-state index in [4.69, 9.17) is 21.1 Å². The van der Waals surface area contributed by atoms with Gasteiger partial charge in [0.25, 0.3) is 0 Å². The number of nitrogens with zero attached hydrogens (tertiary/aromatic N) is 2. The van der Waals surface area contributed by atoms with E-state index in [1.165, 1.54) is 6.20 Å². The Morgan fingerprint density at radius 3 is 2.65 bits per heavy atom. The lowest BCUT2D eigenvalue weighted by atomic mass is 10.3. The number of hydrogen-bond acceptors (Lipinski definition) is 5. The Hall–Kier alpha value is -2.14. The zero-order chi connectivity index (χ0) is 14.4. The second-order valence-corrected chi connectivity index (χ2v) is 4.29. The number of esters is 1. The van der Waals surface area contributed by atoms with Gasteiger partial charge in [-0.25, -0.2) is 9.78 Å². The Balaban J connectivity index is 1.93. The van der Waals surface area contributed by atoms with Crippen molar-refractivity contribution in [3.63, 3.8) is 0 Å². The van der Waals surface area contributed by atoms with Crippen molar-refractivity contribution < 1.29 is 14.3 Å². The molecule has 0 aliphatic rings. The highest BCUT2D eigenvalue weighted by atomic mass is 35.5. The molecule has 0 saturated carbocycles. The summed E-state index contributed by atoms with van der Waals surface area (Å²) in [6.45, 7) is 2.37. The van der Waals surface area contributed by atoms with E-state index in [0.29, 0.717) is 24.0 Å². The molecule has 0 aromatic carbocycles. The van der Waals surface area contributed by atoms with Crippen LogP contribution in [0, 0.1) is 0 Å². The number of pyridine rings is 2. The molecule has 0 spiro atoms. The molecule has 2 aromatic rings. The lowest BCUT2D eigenvalue weighted by Crippen LogP contribution is -2.07. The normalized spacial score (nSPS) is 10.1. The van der Waals surface area contributed by atoms with Gasteiger partial charge in [-0.15, -0.1) is 0 Å². The fourth-order valence-electron chi connectivity index (χ4n) is 1.44. The fourth-order valence-corrected chi connectivity index (χ4v) is 1.55. The van der Waals surface area contributed by atoms with Crippen LogP contribution in [0.2, 0.25) is 5.02 Å². The van der Waals surface area contributed by atoms with Gasteiger partial charge in [-0.05, 0) is 31.2 Å². The molecule has 0 amide bonds. The molecule has 0 aliphatic carbocycles. The molecule has 6 heteroatoms. The summed E-state index contributed by atoms with van der Waals surface area (Å²) in [5, 5.41) is 0.578. The van der Waals surface area contributed by atoms with Gasteiger partial charge in [0.05, 0.1) is 23.5 Å². The van der Waals surface area contributed by atoms with Crippen LogP contribution in [0.1, 0.15) is 23.1 Å². The van der Waals surface area contributed by atoms with Crippen molar-refractivity contribution in [3.8, 4) is 5.75 Å². The minimum absolute atomic E-state index is 0.254. The van der Waals surface area contributed by atoms with Crippen molar-refractivity contribution in [1.29, 1.82) is 0 Å². The number of carbonyl (C=O) groups excluding carboxylic acids is 1. The van der Waals surface area contributed by atoms with E-state index in [2.05, 4.69) is 9.97 Å². The Morgan fingerprint density at radius 2 is 2.05 bits per heavy atom. The minimum Gasteiger partial charge on any atom is -0.486 e. The zero-order valence-corrected chi connectivity index (χ0v) is 11.6. The minimum atomic E-state index is -0.446. The molecule has 104 valence electrons. The molecule has 0 aliphatic heterocycles. The summed E-state index contributed by atoms with van der Waals surface area (Å²) < 4.78 is 10.3. The number of hydrogen-bond donors (Lipinski definition) is 0. The summed E-state index contributed by atoms with van der Waals surface area (Å²) in [4.78, 5) is 19.5. The van der Waals surface area contributed by atoms with Crippen LogP contribution in [0.3, 0.4) is 0 Å². The molecule has 2 rings (SSSR count). The molecule has 0 fully saturated rings. The molecule has 0 unspecified atom stereocenters. The summed E-state index contributed by atoms with van der Waals surface area (Å²) in [6, 6.07) is 6.75. The van der Waals surface area contributed by atoms with Crippen LogP contribution in [0.4, 0.5) is 0 Å². The van der Waals surface area contributed by atoms with Crippen molar-refractivity contribution in [2.75, 3.05) is 6.61 Å². The predicted octanol–water partition coefficient (Wildman–Crippen LogP) is 2.89. The van der Waals surface area contributed by atoms with E-state index in [1.807, 2.05) is 0 Å². The molecular formula is C14H13ClN2O3. The lowest BCUT2D eigenvalue weighted by molar-refractivity contribution is 0.0519. The second kappa shape index (κ2) is 6.86.